The highest BCUT2D eigenvalue weighted by molar-refractivity contribution is 7.93. The van der Waals surface area contributed by atoms with Crippen molar-refractivity contribution in [2.45, 2.75) is 23.8 Å². The van der Waals surface area contributed by atoms with E-state index in [1.807, 2.05) is 30.3 Å². The molecule has 4 rings (SSSR count). The molecule has 10 heteroatoms. The molecule has 31 heavy (non-hydrogen) atoms. The zero-order chi connectivity index (χ0) is 21.8. The Kier molecular flexibility index (Phi) is 6.76. The van der Waals surface area contributed by atoms with Crippen LogP contribution in [0.1, 0.15) is 24.5 Å². The molecular formula is C21H21ClFN3O3S2. The molecule has 2 aromatic carbocycles. The largest absolute Gasteiger partial charge is 0.383 e. The molecule has 1 aliphatic heterocycles. The zero-order valence-corrected chi connectivity index (χ0v) is 18.8. The summed E-state index contributed by atoms with van der Waals surface area (Å²) in [5, 5.41) is 5.06. The molecule has 2 N–H and O–H groups in total. The first-order chi connectivity index (χ1) is 14.9. The smallest absolute Gasteiger partial charge is 0.266 e. The molecule has 0 bridgehead atoms. The van der Waals surface area contributed by atoms with Gasteiger partial charge in [0.2, 0.25) is 0 Å². The molecule has 6 nitrogen and oxygen atoms in total. The van der Waals surface area contributed by atoms with Crippen molar-refractivity contribution in [1.29, 1.82) is 0 Å². The number of nitrogens with one attached hydrogen (secondary N) is 2. The summed E-state index contributed by atoms with van der Waals surface area (Å²) in [5.74, 6) is -0.722. The lowest BCUT2D eigenvalue weighted by molar-refractivity contribution is -0.0238. The van der Waals surface area contributed by atoms with Crippen molar-refractivity contribution in [3.05, 3.63) is 70.4 Å². The lowest BCUT2D eigenvalue weighted by atomic mass is 9.89. The van der Waals surface area contributed by atoms with Crippen molar-refractivity contribution >= 4 is 43.8 Å². The molecule has 1 saturated heterocycles. The van der Waals surface area contributed by atoms with E-state index in [4.69, 9.17) is 16.3 Å². The fourth-order valence-corrected chi connectivity index (χ4v) is 5.79. The third-order valence-electron chi connectivity index (χ3n) is 5.09. The standard InChI is InChI=1S/C21H21ClFN3O3S2/c22-16-11-19(31(27,28)26-21-24-8-10-30-21)17(23)12-18(16)25-13-15-7-4-9-29-20(15)14-5-2-1-3-6-14/h1-3,5-6,8,10-12,15,20,25H,4,7,9,13H2,(H,24,26)/t15-,20+/m1/s1. The maximum absolute atomic E-state index is 14.7. The first-order valence-corrected chi connectivity index (χ1v) is 12.5. The van der Waals surface area contributed by atoms with Gasteiger partial charge in [0.25, 0.3) is 10.0 Å². The van der Waals surface area contributed by atoms with Gasteiger partial charge in [-0.1, -0.05) is 41.9 Å². The van der Waals surface area contributed by atoms with Crippen molar-refractivity contribution in [2.75, 3.05) is 23.2 Å². The fraction of sp³-hybridized carbons (Fsp3) is 0.286. The van der Waals surface area contributed by atoms with E-state index in [2.05, 4.69) is 15.0 Å². The number of anilines is 2. The molecule has 0 unspecified atom stereocenters. The van der Waals surface area contributed by atoms with Gasteiger partial charge in [0.1, 0.15) is 10.7 Å². The Morgan fingerprint density at radius 2 is 2.06 bits per heavy atom. The summed E-state index contributed by atoms with van der Waals surface area (Å²) >= 11 is 7.39. The molecule has 0 aliphatic carbocycles. The first kappa shape index (κ1) is 22.0. The number of ether oxygens (including phenoxy) is 1. The maximum Gasteiger partial charge on any atom is 0.266 e. The molecule has 1 fully saturated rings. The molecule has 1 aliphatic rings. The molecule has 0 saturated carbocycles. The van der Waals surface area contributed by atoms with E-state index in [1.54, 1.807) is 5.38 Å². The second-order valence-electron chi connectivity index (χ2n) is 7.19. The van der Waals surface area contributed by atoms with Gasteiger partial charge in [-0.05, 0) is 30.5 Å². The molecule has 2 atom stereocenters. The number of hydrogen-bond acceptors (Lipinski definition) is 6. The third-order valence-corrected chi connectivity index (χ3v) is 7.58. The number of rotatable bonds is 7. The van der Waals surface area contributed by atoms with Gasteiger partial charge >= 0.3 is 0 Å². The van der Waals surface area contributed by atoms with E-state index in [-0.39, 0.29) is 22.2 Å². The van der Waals surface area contributed by atoms with Gasteiger partial charge < -0.3 is 10.1 Å². The van der Waals surface area contributed by atoms with Crippen LogP contribution >= 0.6 is 22.9 Å². The number of nitrogens with zero attached hydrogens (tertiary/aromatic N) is 1. The summed E-state index contributed by atoms with van der Waals surface area (Å²) in [6, 6.07) is 12.2. The van der Waals surface area contributed by atoms with Crippen molar-refractivity contribution in [2.24, 2.45) is 5.92 Å². The monoisotopic (exact) mass is 481 g/mol. The SMILES string of the molecule is O=S(=O)(Nc1nccs1)c1cc(Cl)c(NC[C@H]2CCCO[C@H]2c2ccccc2)cc1F. The van der Waals surface area contributed by atoms with E-state index < -0.39 is 20.7 Å². The van der Waals surface area contributed by atoms with Gasteiger partial charge in [0.05, 0.1) is 16.8 Å². The Balaban J connectivity index is 1.49. The van der Waals surface area contributed by atoms with E-state index >= 15 is 0 Å². The van der Waals surface area contributed by atoms with E-state index in [9.17, 15) is 12.8 Å². The highest BCUT2D eigenvalue weighted by Crippen LogP contribution is 2.35. The van der Waals surface area contributed by atoms with E-state index in [0.29, 0.717) is 18.8 Å². The molecule has 0 spiro atoms. The highest BCUT2D eigenvalue weighted by Gasteiger charge is 2.28. The molecule has 0 amide bonds. The minimum absolute atomic E-state index is 0.0618. The normalized spacial score (nSPS) is 19.2. The van der Waals surface area contributed by atoms with Crippen LogP contribution in [0.5, 0.6) is 0 Å². The second-order valence-corrected chi connectivity index (χ2v) is 10.1. The van der Waals surface area contributed by atoms with E-state index in [1.165, 1.54) is 6.20 Å². The van der Waals surface area contributed by atoms with Crippen molar-refractivity contribution in [1.82, 2.24) is 4.98 Å². The van der Waals surface area contributed by atoms with E-state index in [0.717, 1.165) is 41.9 Å². The average Bonchev–Trinajstić information content (AvgIpc) is 3.27. The summed E-state index contributed by atoms with van der Waals surface area (Å²) in [6.45, 7) is 1.21. The van der Waals surface area contributed by atoms with Gasteiger partial charge in [-0.25, -0.2) is 17.8 Å². The number of aromatic nitrogens is 1. The van der Waals surface area contributed by atoms with Crippen molar-refractivity contribution in [3.63, 3.8) is 0 Å². The predicted molar refractivity (Wildman–Crippen MR) is 121 cm³/mol. The predicted octanol–water partition coefficient (Wildman–Crippen LogP) is 5.32. The Morgan fingerprint density at radius 3 is 2.81 bits per heavy atom. The van der Waals surface area contributed by atoms with Gasteiger partial charge in [-0.3, -0.25) is 4.72 Å². The summed E-state index contributed by atoms with van der Waals surface area (Å²) in [4.78, 5) is 3.33. The quantitative estimate of drug-likeness (QED) is 0.477. The molecule has 2 heterocycles. The van der Waals surface area contributed by atoms with Crippen LogP contribution in [0.25, 0.3) is 0 Å². The van der Waals surface area contributed by atoms with Crippen LogP contribution in [0.3, 0.4) is 0 Å². The van der Waals surface area contributed by atoms with Crippen LogP contribution in [0.4, 0.5) is 15.2 Å². The minimum atomic E-state index is -4.14. The molecule has 3 aromatic rings. The number of sulfonamides is 1. The summed E-state index contributed by atoms with van der Waals surface area (Å²) < 4.78 is 48.0. The van der Waals surface area contributed by atoms with Crippen LogP contribution in [-0.4, -0.2) is 26.6 Å². The van der Waals surface area contributed by atoms with Crippen LogP contribution in [-0.2, 0) is 14.8 Å². The fourth-order valence-electron chi connectivity index (χ4n) is 3.62. The molecule has 0 radical (unpaired) electrons. The van der Waals surface area contributed by atoms with Gasteiger partial charge in [-0.15, -0.1) is 11.3 Å². The van der Waals surface area contributed by atoms with Crippen molar-refractivity contribution < 1.29 is 17.5 Å². The summed E-state index contributed by atoms with van der Waals surface area (Å²) in [6.07, 6.45) is 3.29. The topological polar surface area (TPSA) is 80.3 Å². The number of hydrogen-bond donors (Lipinski definition) is 2. The lowest BCUT2D eigenvalue weighted by Gasteiger charge is -2.32. The van der Waals surface area contributed by atoms with Gasteiger partial charge in [0.15, 0.2) is 5.13 Å². The Bertz CT molecular complexity index is 1130. The average molecular weight is 482 g/mol. The third kappa shape index (κ3) is 5.17. The maximum atomic E-state index is 14.7. The second kappa shape index (κ2) is 9.52. The number of thiazole rings is 1. The van der Waals surface area contributed by atoms with Crippen LogP contribution < -0.4 is 10.0 Å². The first-order valence-electron chi connectivity index (χ1n) is 9.76. The lowest BCUT2D eigenvalue weighted by Crippen LogP contribution is -2.28. The highest BCUT2D eigenvalue weighted by atomic mass is 35.5. The van der Waals surface area contributed by atoms with Crippen LogP contribution in [0, 0.1) is 11.7 Å². The van der Waals surface area contributed by atoms with Crippen LogP contribution in [0.15, 0.2) is 58.9 Å². The zero-order valence-electron chi connectivity index (χ0n) is 16.4. The van der Waals surface area contributed by atoms with Gasteiger partial charge in [-0.2, -0.15) is 0 Å². The number of halogens is 2. The Labute approximate surface area is 189 Å². The van der Waals surface area contributed by atoms with Crippen LogP contribution in [0.2, 0.25) is 5.02 Å². The molecular weight excluding hydrogens is 461 g/mol. The molecule has 164 valence electrons. The summed E-state index contributed by atoms with van der Waals surface area (Å²) in [5.41, 5.74) is 1.44. The molecule has 1 aromatic heterocycles. The number of benzene rings is 2. The Hall–Kier alpha value is -2.20. The minimum Gasteiger partial charge on any atom is -0.383 e. The Morgan fingerprint density at radius 1 is 1.26 bits per heavy atom. The summed E-state index contributed by atoms with van der Waals surface area (Å²) in [7, 11) is -4.14. The van der Waals surface area contributed by atoms with Gasteiger partial charge in [0, 0.05) is 30.6 Å². The van der Waals surface area contributed by atoms with Crippen molar-refractivity contribution in [3.8, 4) is 0 Å².